The SMILES string of the molecule is COCC(=O)N1CCCC(CS(=O)(=O)NCC(=O)c2cc(-c3cccc(F)c3)cc(Cl)c2F)C1. The Morgan fingerprint density at radius 2 is 1.97 bits per heavy atom. The lowest BCUT2D eigenvalue weighted by atomic mass is 10.00. The van der Waals surface area contributed by atoms with Crippen LogP contribution in [0.3, 0.4) is 0 Å². The zero-order valence-electron chi connectivity index (χ0n) is 18.5. The van der Waals surface area contributed by atoms with Crippen LogP contribution in [0.15, 0.2) is 36.4 Å². The lowest BCUT2D eigenvalue weighted by Gasteiger charge is -2.32. The number of piperidine rings is 1. The van der Waals surface area contributed by atoms with E-state index in [1.54, 1.807) is 11.0 Å². The van der Waals surface area contributed by atoms with Crippen LogP contribution in [0.4, 0.5) is 8.78 Å². The maximum atomic E-state index is 14.5. The number of methoxy groups -OCH3 is 1. The van der Waals surface area contributed by atoms with Gasteiger partial charge in [-0.05, 0) is 54.2 Å². The van der Waals surface area contributed by atoms with Gasteiger partial charge in [-0.1, -0.05) is 23.7 Å². The third-order valence-corrected chi connectivity index (χ3v) is 7.30. The van der Waals surface area contributed by atoms with E-state index in [1.165, 1.54) is 37.4 Å². The van der Waals surface area contributed by atoms with Gasteiger partial charge < -0.3 is 9.64 Å². The van der Waals surface area contributed by atoms with Crippen LogP contribution in [-0.2, 0) is 19.6 Å². The molecule has 3 rings (SSSR count). The number of nitrogens with zero attached hydrogens (tertiary/aromatic N) is 1. The van der Waals surface area contributed by atoms with Crippen molar-refractivity contribution in [2.45, 2.75) is 12.8 Å². The van der Waals surface area contributed by atoms with Gasteiger partial charge >= 0.3 is 0 Å². The maximum Gasteiger partial charge on any atom is 0.248 e. The molecule has 1 aliphatic heterocycles. The predicted molar refractivity (Wildman–Crippen MR) is 124 cm³/mol. The lowest BCUT2D eigenvalue weighted by molar-refractivity contribution is -0.136. The number of ketones is 1. The van der Waals surface area contributed by atoms with Crippen LogP contribution in [0.5, 0.6) is 0 Å². The molecule has 2 aromatic carbocycles. The van der Waals surface area contributed by atoms with Crippen molar-refractivity contribution >= 4 is 33.3 Å². The van der Waals surface area contributed by atoms with Crippen LogP contribution in [0.25, 0.3) is 11.1 Å². The van der Waals surface area contributed by atoms with Crippen molar-refractivity contribution in [3.8, 4) is 11.1 Å². The Morgan fingerprint density at radius 3 is 2.68 bits per heavy atom. The van der Waals surface area contributed by atoms with Crippen molar-refractivity contribution in [2.75, 3.05) is 39.1 Å². The summed E-state index contributed by atoms with van der Waals surface area (Å²) in [5.74, 6) is -3.09. The summed E-state index contributed by atoms with van der Waals surface area (Å²) >= 11 is 5.93. The molecule has 0 aromatic heterocycles. The van der Waals surface area contributed by atoms with E-state index in [-0.39, 0.29) is 35.8 Å². The third kappa shape index (κ3) is 6.82. The topological polar surface area (TPSA) is 92.8 Å². The van der Waals surface area contributed by atoms with E-state index in [9.17, 15) is 26.8 Å². The highest BCUT2D eigenvalue weighted by Gasteiger charge is 2.28. The molecule has 11 heteroatoms. The van der Waals surface area contributed by atoms with Crippen molar-refractivity contribution in [1.29, 1.82) is 0 Å². The molecule has 0 bridgehead atoms. The van der Waals surface area contributed by atoms with Crippen molar-refractivity contribution in [3.05, 3.63) is 58.6 Å². The number of carbonyl (C=O) groups is 2. The molecule has 1 N–H and O–H groups in total. The molecular formula is C23H25ClF2N2O5S. The number of nitrogens with one attached hydrogen (secondary N) is 1. The number of Topliss-reactive ketones (excluding diaryl/α,β-unsaturated/α-hetero) is 1. The lowest BCUT2D eigenvalue weighted by Crippen LogP contribution is -2.44. The number of amides is 1. The van der Waals surface area contributed by atoms with Crippen molar-refractivity contribution in [2.24, 2.45) is 5.92 Å². The van der Waals surface area contributed by atoms with Gasteiger partial charge in [-0.15, -0.1) is 0 Å². The number of likely N-dealkylation sites (tertiary alicyclic amines) is 1. The second-order valence-electron chi connectivity index (χ2n) is 8.14. The quantitative estimate of drug-likeness (QED) is 0.518. The highest BCUT2D eigenvalue weighted by Crippen LogP contribution is 2.28. The molecule has 184 valence electrons. The Bertz CT molecular complexity index is 1180. The Labute approximate surface area is 202 Å². The van der Waals surface area contributed by atoms with Crippen molar-refractivity contribution < 1.29 is 31.5 Å². The number of hydrogen-bond donors (Lipinski definition) is 1. The van der Waals surface area contributed by atoms with E-state index < -0.39 is 39.5 Å². The number of rotatable bonds is 9. The molecule has 0 aliphatic carbocycles. The Balaban J connectivity index is 1.67. The average molecular weight is 515 g/mol. The zero-order valence-corrected chi connectivity index (χ0v) is 20.1. The molecule has 2 aromatic rings. The predicted octanol–water partition coefficient (Wildman–Crippen LogP) is 3.27. The molecule has 0 radical (unpaired) electrons. The molecule has 1 fully saturated rings. The fourth-order valence-electron chi connectivity index (χ4n) is 3.91. The number of ether oxygens (including phenoxy) is 1. The minimum Gasteiger partial charge on any atom is -0.375 e. The van der Waals surface area contributed by atoms with E-state index >= 15 is 0 Å². The summed E-state index contributed by atoms with van der Waals surface area (Å²) in [4.78, 5) is 26.2. The van der Waals surface area contributed by atoms with Gasteiger partial charge in [0.15, 0.2) is 11.6 Å². The maximum absolute atomic E-state index is 14.5. The van der Waals surface area contributed by atoms with Gasteiger partial charge in [0.2, 0.25) is 15.9 Å². The molecule has 0 saturated carbocycles. The standard InChI is InChI=1S/C23H25ClF2N2O5S/c1-33-13-22(30)28-7-3-4-15(12-28)14-34(31,32)27-11-21(29)19-9-17(10-20(24)23(19)26)16-5-2-6-18(25)8-16/h2,5-6,8-10,15,27H,3-4,7,11-14H2,1H3. The number of sulfonamides is 1. The first-order valence-electron chi connectivity index (χ1n) is 10.6. The molecule has 7 nitrogen and oxygen atoms in total. The molecule has 0 spiro atoms. The monoisotopic (exact) mass is 514 g/mol. The first-order chi connectivity index (χ1) is 16.1. The van der Waals surface area contributed by atoms with E-state index in [0.717, 1.165) is 0 Å². The third-order valence-electron chi connectivity index (χ3n) is 5.53. The van der Waals surface area contributed by atoms with Crippen LogP contribution in [0.2, 0.25) is 5.02 Å². The summed E-state index contributed by atoms with van der Waals surface area (Å²) in [6.45, 7) is 0.0690. The van der Waals surface area contributed by atoms with E-state index in [2.05, 4.69) is 4.72 Å². The molecule has 1 heterocycles. The van der Waals surface area contributed by atoms with E-state index in [1.807, 2.05) is 0 Å². The minimum absolute atomic E-state index is 0.0744. The Morgan fingerprint density at radius 1 is 1.21 bits per heavy atom. The van der Waals surface area contributed by atoms with Crippen molar-refractivity contribution in [3.63, 3.8) is 0 Å². The van der Waals surface area contributed by atoms with Crippen molar-refractivity contribution in [1.82, 2.24) is 9.62 Å². The van der Waals surface area contributed by atoms with Crippen LogP contribution in [-0.4, -0.2) is 64.1 Å². The number of carbonyl (C=O) groups excluding carboxylic acids is 2. The average Bonchev–Trinajstić information content (AvgIpc) is 2.79. The van der Waals surface area contributed by atoms with Gasteiger partial charge in [-0.2, -0.15) is 0 Å². The Hall–Kier alpha value is -2.40. The fourth-order valence-corrected chi connectivity index (χ4v) is 5.49. The first kappa shape index (κ1) is 26.2. The minimum atomic E-state index is -3.88. The largest absolute Gasteiger partial charge is 0.375 e. The first-order valence-corrected chi connectivity index (χ1v) is 12.6. The van der Waals surface area contributed by atoms with Crippen LogP contribution in [0.1, 0.15) is 23.2 Å². The summed E-state index contributed by atoms with van der Waals surface area (Å²) in [7, 11) is -2.47. The molecule has 1 unspecified atom stereocenters. The summed E-state index contributed by atoms with van der Waals surface area (Å²) in [5, 5.41) is -0.337. The highest BCUT2D eigenvalue weighted by atomic mass is 35.5. The second kappa shape index (κ2) is 11.4. The molecule has 1 atom stereocenters. The number of benzene rings is 2. The summed E-state index contributed by atoms with van der Waals surface area (Å²) in [6, 6.07) is 7.99. The molecule has 1 amide bonds. The molecular weight excluding hydrogens is 490 g/mol. The fraction of sp³-hybridized carbons (Fsp3) is 0.391. The Kier molecular flexibility index (Phi) is 8.75. The summed E-state index contributed by atoms with van der Waals surface area (Å²) in [6.07, 6.45) is 1.27. The highest BCUT2D eigenvalue weighted by molar-refractivity contribution is 7.89. The number of halogens is 3. The normalized spacial score (nSPS) is 16.5. The smallest absolute Gasteiger partial charge is 0.248 e. The van der Waals surface area contributed by atoms with Gasteiger partial charge in [-0.25, -0.2) is 21.9 Å². The zero-order chi connectivity index (χ0) is 24.9. The molecule has 1 saturated heterocycles. The van der Waals surface area contributed by atoms with Crippen LogP contribution >= 0.6 is 11.6 Å². The van der Waals surface area contributed by atoms with Gasteiger partial charge in [0.05, 0.1) is 22.9 Å². The summed E-state index contributed by atoms with van der Waals surface area (Å²) in [5.41, 5.74) is 0.310. The van der Waals surface area contributed by atoms with E-state index in [0.29, 0.717) is 30.5 Å². The van der Waals surface area contributed by atoms with Crippen LogP contribution in [0, 0.1) is 17.6 Å². The second-order valence-corrected chi connectivity index (χ2v) is 10.4. The van der Waals surface area contributed by atoms with Gasteiger partial charge in [-0.3, -0.25) is 9.59 Å². The van der Waals surface area contributed by atoms with Gasteiger partial charge in [0, 0.05) is 20.2 Å². The molecule has 34 heavy (non-hydrogen) atoms. The van der Waals surface area contributed by atoms with Gasteiger partial charge in [0.1, 0.15) is 12.4 Å². The number of hydrogen-bond acceptors (Lipinski definition) is 5. The molecule has 1 aliphatic rings. The van der Waals surface area contributed by atoms with Gasteiger partial charge in [0.25, 0.3) is 0 Å². The van der Waals surface area contributed by atoms with E-state index in [4.69, 9.17) is 16.3 Å². The summed E-state index contributed by atoms with van der Waals surface area (Å²) < 4.78 is 60.3. The van der Waals surface area contributed by atoms with Crippen LogP contribution < -0.4 is 4.72 Å².